The summed E-state index contributed by atoms with van der Waals surface area (Å²) in [4.78, 5) is -1.36. The molecular formula is C14H6F4O3S. The molecule has 0 atom stereocenters. The molecule has 1 heterocycles. The van der Waals surface area contributed by atoms with Gasteiger partial charge < -0.3 is 4.74 Å². The smallest absolute Gasteiger partial charge is 0.210 e. The Balaban J connectivity index is 2.29. The average Bonchev–Trinajstić information content (AvgIpc) is 2.50. The first-order valence-electron chi connectivity index (χ1n) is 5.89. The molecule has 2 aromatic carbocycles. The van der Waals surface area contributed by atoms with Crippen molar-refractivity contribution in [1.29, 1.82) is 0 Å². The van der Waals surface area contributed by atoms with Crippen LogP contribution in [0.5, 0.6) is 5.75 Å². The van der Waals surface area contributed by atoms with Crippen molar-refractivity contribution in [3.63, 3.8) is 0 Å². The van der Waals surface area contributed by atoms with E-state index >= 15 is 0 Å². The summed E-state index contributed by atoms with van der Waals surface area (Å²) in [7, 11) is -4.54. The van der Waals surface area contributed by atoms with E-state index in [0.29, 0.717) is 5.41 Å². The van der Waals surface area contributed by atoms with Gasteiger partial charge in [-0.1, -0.05) is 30.3 Å². The zero-order valence-corrected chi connectivity index (χ0v) is 11.4. The molecule has 0 aliphatic carbocycles. The number of hydrogen-bond donors (Lipinski definition) is 0. The fourth-order valence-electron chi connectivity index (χ4n) is 2.00. The van der Waals surface area contributed by atoms with Crippen LogP contribution in [0.3, 0.4) is 0 Å². The van der Waals surface area contributed by atoms with Crippen LogP contribution in [0.15, 0.2) is 40.6 Å². The quantitative estimate of drug-likeness (QED) is 0.348. The van der Waals surface area contributed by atoms with Gasteiger partial charge in [0.1, 0.15) is 5.76 Å². The molecule has 3 nitrogen and oxygen atoms in total. The van der Waals surface area contributed by atoms with E-state index < -0.39 is 43.8 Å². The van der Waals surface area contributed by atoms with Crippen LogP contribution in [0.25, 0.3) is 5.76 Å². The molecule has 0 saturated carbocycles. The van der Waals surface area contributed by atoms with Crippen LogP contribution >= 0.6 is 0 Å². The molecule has 2 aromatic rings. The first kappa shape index (κ1) is 14.6. The van der Waals surface area contributed by atoms with Gasteiger partial charge in [-0.25, -0.2) is 21.6 Å². The predicted octanol–water partition coefficient (Wildman–Crippen LogP) is 3.41. The van der Waals surface area contributed by atoms with Crippen LogP contribution in [0.4, 0.5) is 17.6 Å². The second-order valence-electron chi connectivity index (χ2n) is 4.41. The largest absolute Gasteiger partial charge is 0.451 e. The second-order valence-corrected chi connectivity index (χ2v) is 6.14. The highest BCUT2D eigenvalue weighted by atomic mass is 32.2. The van der Waals surface area contributed by atoms with Gasteiger partial charge in [0, 0.05) is 5.56 Å². The van der Waals surface area contributed by atoms with Crippen LogP contribution in [0.2, 0.25) is 0 Å². The number of rotatable bonds is 1. The van der Waals surface area contributed by atoms with Gasteiger partial charge >= 0.3 is 0 Å². The van der Waals surface area contributed by atoms with Crippen LogP contribution in [0.1, 0.15) is 5.56 Å². The Labute approximate surface area is 122 Å². The van der Waals surface area contributed by atoms with Gasteiger partial charge in [0.2, 0.25) is 21.5 Å². The van der Waals surface area contributed by atoms with Crippen molar-refractivity contribution in [2.75, 3.05) is 0 Å². The van der Waals surface area contributed by atoms with E-state index in [1.54, 1.807) is 18.2 Å². The third-order valence-electron chi connectivity index (χ3n) is 3.00. The topological polar surface area (TPSA) is 43.4 Å². The van der Waals surface area contributed by atoms with E-state index in [2.05, 4.69) is 0 Å². The van der Waals surface area contributed by atoms with E-state index in [1.165, 1.54) is 12.1 Å². The molecule has 0 saturated heterocycles. The summed E-state index contributed by atoms with van der Waals surface area (Å²) < 4.78 is 83.0. The molecule has 0 aromatic heterocycles. The number of benzene rings is 2. The zero-order chi connectivity index (χ0) is 16.1. The summed E-state index contributed by atoms with van der Waals surface area (Å²) >= 11 is 0. The van der Waals surface area contributed by atoms with Crippen molar-refractivity contribution < 1.29 is 30.7 Å². The molecule has 0 fully saturated rings. The molecular weight excluding hydrogens is 324 g/mol. The Kier molecular flexibility index (Phi) is 3.21. The first-order valence-corrected chi connectivity index (χ1v) is 7.43. The first-order chi connectivity index (χ1) is 10.3. The fraction of sp³-hybridized carbons (Fsp3) is 0. The van der Waals surface area contributed by atoms with Gasteiger partial charge in [-0.2, -0.15) is 4.39 Å². The maximum Gasteiger partial charge on any atom is 0.210 e. The number of sulfone groups is 1. The summed E-state index contributed by atoms with van der Waals surface area (Å²) in [5, 5.41) is 0.532. The van der Waals surface area contributed by atoms with E-state index in [0.717, 1.165) is 0 Å². The van der Waals surface area contributed by atoms with Gasteiger partial charge in [0.15, 0.2) is 22.3 Å². The highest BCUT2D eigenvalue weighted by molar-refractivity contribution is 7.94. The minimum atomic E-state index is -4.54. The number of ether oxygens (including phenoxy) is 1. The fourth-order valence-corrected chi connectivity index (χ4v) is 3.31. The molecule has 0 N–H and O–H groups in total. The maximum absolute atomic E-state index is 13.8. The highest BCUT2D eigenvalue weighted by Crippen LogP contribution is 2.41. The second kappa shape index (κ2) is 4.84. The summed E-state index contributed by atoms with van der Waals surface area (Å²) in [6.45, 7) is 0. The molecule has 3 rings (SSSR count). The number of hydrogen-bond acceptors (Lipinski definition) is 3. The monoisotopic (exact) mass is 330 g/mol. The van der Waals surface area contributed by atoms with Gasteiger partial charge in [-0.05, 0) is 0 Å². The lowest BCUT2D eigenvalue weighted by atomic mass is 10.2. The van der Waals surface area contributed by atoms with Crippen molar-refractivity contribution in [1.82, 2.24) is 0 Å². The summed E-state index contributed by atoms with van der Waals surface area (Å²) in [6, 6.07) is 7.68. The third-order valence-corrected chi connectivity index (χ3v) is 4.46. The normalized spacial score (nSPS) is 15.7. The predicted molar refractivity (Wildman–Crippen MR) is 68.5 cm³/mol. The summed E-state index contributed by atoms with van der Waals surface area (Å²) in [5.41, 5.74) is 0.251. The zero-order valence-electron chi connectivity index (χ0n) is 10.6. The molecule has 0 amide bonds. The Hall–Kier alpha value is -2.35. The van der Waals surface area contributed by atoms with Crippen molar-refractivity contribution in [2.24, 2.45) is 0 Å². The van der Waals surface area contributed by atoms with E-state index in [-0.39, 0.29) is 11.3 Å². The Morgan fingerprint density at radius 3 is 2.05 bits per heavy atom. The van der Waals surface area contributed by atoms with Crippen molar-refractivity contribution in [3.05, 3.63) is 64.6 Å². The molecule has 0 radical (unpaired) electrons. The lowest BCUT2D eigenvalue weighted by Crippen LogP contribution is -2.16. The average molecular weight is 330 g/mol. The lowest BCUT2D eigenvalue weighted by molar-refractivity contribution is 0.358. The third kappa shape index (κ3) is 2.07. The van der Waals surface area contributed by atoms with E-state index in [4.69, 9.17) is 4.74 Å². The number of fused-ring (bicyclic) bond motifs is 1. The van der Waals surface area contributed by atoms with Gasteiger partial charge in [-0.3, -0.25) is 0 Å². The Bertz CT molecular complexity index is 906. The SMILES string of the molecule is O=S1(=O)C=C(c2ccccc2)Oc2c(F)c(F)c(F)c(F)c21. The molecule has 8 heteroatoms. The highest BCUT2D eigenvalue weighted by Gasteiger charge is 2.37. The standard InChI is InChI=1S/C14H6F4O3S/c15-9-10(16)12(18)14-13(11(9)17)21-8(6-22(14,19)20)7-4-2-1-3-5-7/h1-6H. The van der Waals surface area contributed by atoms with Crippen LogP contribution in [-0.2, 0) is 9.84 Å². The van der Waals surface area contributed by atoms with E-state index in [1.807, 2.05) is 0 Å². The van der Waals surface area contributed by atoms with Crippen molar-refractivity contribution in [2.45, 2.75) is 4.90 Å². The van der Waals surface area contributed by atoms with Crippen LogP contribution in [0, 0.1) is 23.3 Å². The minimum Gasteiger partial charge on any atom is -0.451 e. The molecule has 0 spiro atoms. The van der Waals surface area contributed by atoms with Gasteiger partial charge in [-0.15, -0.1) is 0 Å². The minimum absolute atomic E-state index is 0.251. The van der Waals surface area contributed by atoms with Gasteiger partial charge in [0.25, 0.3) is 0 Å². The molecule has 114 valence electrons. The van der Waals surface area contributed by atoms with Crippen LogP contribution in [-0.4, -0.2) is 8.42 Å². The Morgan fingerprint density at radius 2 is 1.41 bits per heavy atom. The van der Waals surface area contributed by atoms with Crippen molar-refractivity contribution in [3.8, 4) is 5.75 Å². The van der Waals surface area contributed by atoms with Crippen molar-refractivity contribution >= 4 is 15.6 Å². The van der Waals surface area contributed by atoms with Gasteiger partial charge in [0.05, 0.1) is 5.41 Å². The number of halogens is 4. The Morgan fingerprint density at radius 1 is 0.818 bits per heavy atom. The summed E-state index contributed by atoms with van der Waals surface area (Å²) in [6.07, 6.45) is 0. The molecule has 22 heavy (non-hydrogen) atoms. The molecule has 1 aliphatic heterocycles. The van der Waals surface area contributed by atoms with Crippen LogP contribution < -0.4 is 4.74 Å². The lowest BCUT2D eigenvalue weighted by Gasteiger charge is -2.19. The molecule has 0 unspecified atom stereocenters. The maximum atomic E-state index is 13.8. The summed E-state index contributed by atoms with van der Waals surface area (Å²) in [5.74, 6) is -9.79. The molecule has 1 aliphatic rings. The molecule has 0 bridgehead atoms. The van der Waals surface area contributed by atoms with E-state index in [9.17, 15) is 26.0 Å².